The van der Waals surface area contributed by atoms with Crippen LogP contribution in [0.1, 0.15) is 0 Å². The van der Waals surface area contributed by atoms with E-state index >= 15 is 0 Å². The fourth-order valence-corrected chi connectivity index (χ4v) is 0. The minimum absolute atomic E-state index is 0.750. The second-order valence-electron chi connectivity index (χ2n) is 1.08. The van der Waals surface area contributed by atoms with Gasteiger partial charge in [-0.25, -0.2) is 0 Å². The molecule has 1 nitrogen and oxygen atoms in total. The highest BCUT2D eigenvalue weighted by Crippen LogP contribution is 1.36. The maximum atomic E-state index is 2.75. The molecule has 1 N–H and O–H groups in total. The Hall–Kier alpha value is 0.492. The molecular weight excluding hydrogens is 89.0 g/mol. The largest absolute Gasteiger partial charge is 0.323 e. The Balaban J connectivity index is 0. The Labute approximate surface area is 46.8 Å². The van der Waals surface area contributed by atoms with E-state index in [0.29, 0.717) is 0 Å². The molecule has 0 saturated heterocycles. The molecule has 0 aliphatic heterocycles. The highest BCUT2D eigenvalue weighted by atomic mass is 27.1. The molecule has 0 aromatic carbocycles. The summed E-state index contributed by atoms with van der Waals surface area (Å²) in [6.45, 7) is 0. The van der Waals surface area contributed by atoms with Crippen LogP contribution in [0.4, 0.5) is 0 Å². The van der Waals surface area contributed by atoms with Crippen molar-refractivity contribution in [3.8, 4) is 0 Å². The van der Waals surface area contributed by atoms with Crippen LogP contribution in [0, 0.1) is 0 Å². The normalized spacial score (nSPS) is 5.33. The van der Waals surface area contributed by atoms with Gasteiger partial charge < -0.3 is 5.32 Å². The van der Waals surface area contributed by atoms with Crippen molar-refractivity contribution in [2.24, 2.45) is 0 Å². The van der Waals surface area contributed by atoms with Crippen LogP contribution in [-0.4, -0.2) is 29.3 Å². The van der Waals surface area contributed by atoms with Gasteiger partial charge in [-0.2, -0.15) is 0 Å². The molecule has 37 valence electrons. The zero-order valence-corrected chi connectivity index (χ0v) is 6.23. The van der Waals surface area contributed by atoms with Gasteiger partial charge in [0.1, 0.15) is 0 Å². The number of rotatable bonds is 0. The predicted octanol–water partition coefficient (Wildman–Crippen LogP) is 0.622. The molecule has 0 bridgehead atoms. The summed E-state index contributed by atoms with van der Waals surface area (Å²) < 4.78 is 0. The summed E-state index contributed by atoms with van der Waals surface area (Å²) in [4.78, 5) is 0. The lowest BCUT2D eigenvalue weighted by molar-refractivity contribution is 1.02. The zero-order valence-electron chi connectivity index (χ0n) is 5.08. The van der Waals surface area contributed by atoms with Gasteiger partial charge in [0.2, 0.25) is 0 Å². The Kier molecular flexibility index (Phi) is 28.9. The third-order valence-corrected chi connectivity index (χ3v) is 0. The molecule has 0 aliphatic carbocycles. The second kappa shape index (κ2) is 17.8. The molecule has 6 heavy (non-hydrogen) atoms. The van der Waals surface area contributed by atoms with E-state index in [-0.39, 0.29) is 0 Å². The first-order valence-corrected chi connectivity index (χ1v) is 4.46. The van der Waals surface area contributed by atoms with Crippen molar-refractivity contribution in [3.63, 3.8) is 0 Å². The van der Waals surface area contributed by atoms with E-state index in [1.807, 2.05) is 14.1 Å². The molecule has 0 amide bonds. The monoisotopic (exact) mass is 102 g/mol. The fourth-order valence-electron chi connectivity index (χ4n) is 0. The van der Waals surface area contributed by atoms with E-state index < -0.39 is 0 Å². The van der Waals surface area contributed by atoms with Gasteiger partial charge >= 0.3 is 0 Å². The van der Waals surface area contributed by atoms with Gasteiger partial charge in [-0.3, -0.25) is 0 Å². The van der Waals surface area contributed by atoms with Crippen molar-refractivity contribution in [2.45, 2.75) is 11.6 Å². The standard InChI is InChI=1S/C2H7N.2CH3.Al/c1-3-2;;;/h3H,1-2H3;2*1H3;. The minimum Gasteiger partial charge on any atom is -0.323 e. The number of nitrogens with one attached hydrogen (secondary N) is 1. The molecule has 0 heterocycles. The molecule has 0 aromatic rings. The molecule has 2 heteroatoms. The summed E-state index contributed by atoms with van der Waals surface area (Å²) in [6, 6.07) is 0. The van der Waals surface area contributed by atoms with Crippen LogP contribution in [0.15, 0.2) is 0 Å². The van der Waals surface area contributed by atoms with E-state index in [4.69, 9.17) is 0 Å². The fraction of sp³-hybridized carbons (Fsp3) is 1.00. The maximum Gasteiger partial charge on any atom is 0.191 e. The number of hydrogen-bond acceptors (Lipinski definition) is 1. The van der Waals surface area contributed by atoms with Crippen molar-refractivity contribution >= 4 is 15.2 Å². The smallest absolute Gasteiger partial charge is 0.191 e. The van der Waals surface area contributed by atoms with E-state index in [2.05, 4.69) is 16.9 Å². The Bertz CT molecular complexity index is 9.51. The summed E-state index contributed by atoms with van der Waals surface area (Å²) in [5, 5.41) is 2.75. The van der Waals surface area contributed by atoms with Gasteiger partial charge in [-0.05, 0) is 14.1 Å². The van der Waals surface area contributed by atoms with Crippen LogP contribution < -0.4 is 5.32 Å². The molecule has 0 rings (SSSR count). The Morgan fingerprint density at radius 3 is 1.17 bits per heavy atom. The van der Waals surface area contributed by atoms with Gasteiger partial charge in [0.05, 0.1) is 0 Å². The Morgan fingerprint density at radius 2 is 1.17 bits per heavy atom. The van der Waals surface area contributed by atoms with E-state index in [1.54, 1.807) is 0 Å². The maximum absolute atomic E-state index is 2.75. The average molecular weight is 102 g/mol. The van der Waals surface area contributed by atoms with Crippen molar-refractivity contribution in [1.29, 1.82) is 0 Å². The lowest BCUT2D eigenvalue weighted by Gasteiger charge is -1.59. The first kappa shape index (κ1) is 9.70. The van der Waals surface area contributed by atoms with Crippen LogP contribution in [0.5, 0.6) is 0 Å². The molecule has 1 radical (unpaired) electrons. The van der Waals surface area contributed by atoms with E-state index in [0.717, 1.165) is 15.2 Å². The van der Waals surface area contributed by atoms with Crippen molar-refractivity contribution in [1.82, 2.24) is 5.32 Å². The molecule has 0 fully saturated rings. The van der Waals surface area contributed by atoms with Gasteiger partial charge in [0, 0.05) is 0 Å². The van der Waals surface area contributed by atoms with Gasteiger partial charge in [0.25, 0.3) is 0 Å². The van der Waals surface area contributed by atoms with Crippen LogP contribution >= 0.6 is 0 Å². The third kappa shape index (κ3) is 226. The highest BCUT2D eigenvalue weighted by Gasteiger charge is 1.46. The summed E-state index contributed by atoms with van der Waals surface area (Å²) in [6.07, 6.45) is 0. The van der Waals surface area contributed by atoms with Gasteiger partial charge in [0.15, 0.2) is 15.2 Å². The van der Waals surface area contributed by atoms with Crippen LogP contribution in [0.2, 0.25) is 11.6 Å². The third-order valence-electron chi connectivity index (χ3n) is 0. The van der Waals surface area contributed by atoms with E-state index in [9.17, 15) is 0 Å². The summed E-state index contributed by atoms with van der Waals surface area (Å²) in [5.41, 5.74) is 0. The van der Waals surface area contributed by atoms with Crippen LogP contribution in [0.3, 0.4) is 0 Å². The number of hydrogen-bond donors (Lipinski definition) is 1. The highest BCUT2D eigenvalue weighted by molar-refractivity contribution is 6.31. The molecule has 0 saturated carbocycles. The van der Waals surface area contributed by atoms with Crippen LogP contribution in [0.25, 0.3) is 0 Å². The van der Waals surface area contributed by atoms with Gasteiger partial charge in [-0.1, -0.05) is 0 Å². The second-order valence-corrected chi connectivity index (χ2v) is 2.23. The first-order chi connectivity index (χ1) is 2.83. The molecular formula is C4H13AlN. The summed E-state index contributed by atoms with van der Waals surface area (Å²) in [7, 11) is 3.75. The Morgan fingerprint density at radius 1 is 1.17 bits per heavy atom. The lowest BCUT2D eigenvalue weighted by atomic mass is 11.3. The minimum atomic E-state index is 0.750. The summed E-state index contributed by atoms with van der Waals surface area (Å²) >= 11 is 0.750. The average Bonchev–Trinajstić information content (AvgIpc) is 1.39. The molecule has 0 atom stereocenters. The molecule has 0 unspecified atom stereocenters. The molecule has 0 spiro atoms. The van der Waals surface area contributed by atoms with Crippen LogP contribution in [-0.2, 0) is 0 Å². The topological polar surface area (TPSA) is 12.0 Å². The first-order valence-electron chi connectivity index (χ1n) is 2.15. The summed E-state index contributed by atoms with van der Waals surface area (Å²) in [5.74, 6) is 4.42. The molecule has 0 aromatic heterocycles. The SMILES string of the molecule is CNC.[CH3][Al][CH3]. The van der Waals surface area contributed by atoms with Gasteiger partial charge in [-0.15, -0.1) is 11.6 Å². The van der Waals surface area contributed by atoms with Crippen molar-refractivity contribution in [3.05, 3.63) is 0 Å². The predicted molar refractivity (Wildman–Crippen MR) is 32.5 cm³/mol. The zero-order chi connectivity index (χ0) is 5.41. The van der Waals surface area contributed by atoms with Crippen molar-refractivity contribution < 1.29 is 0 Å². The molecule has 0 aliphatic rings. The quantitative estimate of drug-likeness (QED) is 0.442. The lowest BCUT2D eigenvalue weighted by Crippen LogP contribution is -1.89. The van der Waals surface area contributed by atoms with E-state index in [1.165, 1.54) is 0 Å². The van der Waals surface area contributed by atoms with Crippen molar-refractivity contribution in [2.75, 3.05) is 14.1 Å².